The standard InChI is InChI=1S/C21H22N4O3/c1-28-21(27)25-12-6-7-14(13-25)20(26)24-16-9-3-2-8-15(16)19-22-17-10-4-5-11-18(17)23-19/h2-5,8-11,14H,6-7,12-13H2,1H3,(H,22,23)(H,24,26). The summed E-state index contributed by atoms with van der Waals surface area (Å²) in [6, 6.07) is 15.4. The number of aromatic nitrogens is 2. The van der Waals surface area contributed by atoms with Crippen LogP contribution in [0.3, 0.4) is 0 Å². The third-order valence-corrected chi connectivity index (χ3v) is 5.05. The van der Waals surface area contributed by atoms with E-state index >= 15 is 0 Å². The zero-order valence-corrected chi connectivity index (χ0v) is 15.6. The molecule has 0 saturated carbocycles. The molecule has 0 bridgehead atoms. The van der Waals surface area contributed by atoms with Crippen molar-refractivity contribution in [3.63, 3.8) is 0 Å². The molecule has 1 saturated heterocycles. The number of carbonyl (C=O) groups excluding carboxylic acids is 2. The van der Waals surface area contributed by atoms with Crippen molar-refractivity contribution in [1.29, 1.82) is 0 Å². The van der Waals surface area contributed by atoms with E-state index < -0.39 is 0 Å². The zero-order valence-electron chi connectivity index (χ0n) is 15.6. The Morgan fingerprint density at radius 1 is 1.18 bits per heavy atom. The summed E-state index contributed by atoms with van der Waals surface area (Å²) in [6.45, 7) is 0.983. The molecule has 1 unspecified atom stereocenters. The van der Waals surface area contributed by atoms with Crippen LogP contribution in [0.15, 0.2) is 48.5 Å². The number of benzene rings is 2. The van der Waals surface area contributed by atoms with Gasteiger partial charge in [0.05, 0.1) is 29.7 Å². The van der Waals surface area contributed by atoms with Crippen LogP contribution >= 0.6 is 0 Å². The van der Waals surface area contributed by atoms with Crippen LogP contribution in [0.25, 0.3) is 22.4 Å². The van der Waals surface area contributed by atoms with Crippen LogP contribution in [0.2, 0.25) is 0 Å². The molecule has 3 aromatic rings. The Hall–Kier alpha value is -3.35. The van der Waals surface area contributed by atoms with E-state index in [4.69, 9.17) is 4.74 Å². The second-order valence-corrected chi connectivity index (χ2v) is 6.89. The van der Waals surface area contributed by atoms with E-state index in [1.54, 1.807) is 4.90 Å². The molecule has 1 fully saturated rings. The average Bonchev–Trinajstić information content (AvgIpc) is 3.17. The molecule has 2 aromatic carbocycles. The van der Waals surface area contributed by atoms with Gasteiger partial charge in [-0.2, -0.15) is 0 Å². The molecule has 0 aliphatic carbocycles. The van der Waals surface area contributed by atoms with Crippen molar-refractivity contribution in [1.82, 2.24) is 14.9 Å². The van der Waals surface area contributed by atoms with Gasteiger partial charge in [0.15, 0.2) is 0 Å². The maximum Gasteiger partial charge on any atom is 0.409 e. The number of nitrogens with zero attached hydrogens (tertiary/aromatic N) is 2. The number of H-pyrrole nitrogens is 1. The molecule has 0 radical (unpaired) electrons. The van der Waals surface area contributed by atoms with E-state index in [2.05, 4.69) is 15.3 Å². The lowest BCUT2D eigenvalue weighted by Crippen LogP contribution is -2.43. The van der Waals surface area contributed by atoms with Gasteiger partial charge in [-0.05, 0) is 37.1 Å². The van der Waals surface area contributed by atoms with E-state index in [-0.39, 0.29) is 17.9 Å². The molecular weight excluding hydrogens is 356 g/mol. The lowest BCUT2D eigenvalue weighted by Gasteiger charge is -2.31. The minimum Gasteiger partial charge on any atom is -0.453 e. The summed E-state index contributed by atoms with van der Waals surface area (Å²) in [5, 5.41) is 3.02. The predicted molar refractivity (Wildman–Crippen MR) is 107 cm³/mol. The Balaban J connectivity index is 1.55. The fourth-order valence-electron chi connectivity index (χ4n) is 3.60. The number of amides is 2. The Bertz CT molecular complexity index is 981. The van der Waals surface area contributed by atoms with Gasteiger partial charge in [0.25, 0.3) is 0 Å². The Morgan fingerprint density at radius 3 is 2.79 bits per heavy atom. The molecule has 28 heavy (non-hydrogen) atoms. The quantitative estimate of drug-likeness (QED) is 0.728. The van der Waals surface area contributed by atoms with Crippen LogP contribution in [-0.2, 0) is 9.53 Å². The van der Waals surface area contributed by atoms with Gasteiger partial charge in [-0.3, -0.25) is 4.79 Å². The van der Waals surface area contributed by atoms with Gasteiger partial charge in [-0.1, -0.05) is 24.3 Å². The van der Waals surface area contributed by atoms with Crippen molar-refractivity contribution in [3.8, 4) is 11.4 Å². The molecule has 1 aliphatic rings. The van der Waals surface area contributed by atoms with E-state index in [9.17, 15) is 9.59 Å². The van der Waals surface area contributed by atoms with Crippen molar-refractivity contribution in [3.05, 3.63) is 48.5 Å². The highest BCUT2D eigenvalue weighted by atomic mass is 16.5. The molecule has 7 heteroatoms. The Kier molecular flexibility index (Phi) is 4.97. The number of hydrogen-bond acceptors (Lipinski definition) is 4. The molecule has 144 valence electrons. The highest BCUT2D eigenvalue weighted by molar-refractivity contribution is 5.97. The summed E-state index contributed by atoms with van der Waals surface area (Å²) in [7, 11) is 1.36. The third kappa shape index (κ3) is 3.55. The summed E-state index contributed by atoms with van der Waals surface area (Å²) in [4.78, 5) is 34.2. The first-order valence-electron chi connectivity index (χ1n) is 9.33. The fourth-order valence-corrected chi connectivity index (χ4v) is 3.60. The molecule has 7 nitrogen and oxygen atoms in total. The van der Waals surface area contributed by atoms with Gasteiger partial charge in [-0.15, -0.1) is 0 Å². The number of piperidine rings is 1. The third-order valence-electron chi connectivity index (χ3n) is 5.05. The molecule has 2 heterocycles. The first kappa shape index (κ1) is 18.0. The number of likely N-dealkylation sites (tertiary alicyclic amines) is 1. The van der Waals surface area contributed by atoms with Gasteiger partial charge in [0.2, 0.25) is 5.91 Å². The van der Waals surface area contributed by atoms with E-state index in [0.29, 0.717) is 24.6 Å². The number of methoxy groups -OCH3 is 1. The van der Waals surface area contributed by atoms with Crippen LogP contribution in [0.5, 0.6) is 0 Å². The number of para-hydroxylation sites is 3. The molecule has 2 amide bonds. The number of ether oxygens (including phenoxy) is 1. The van der Waals surface area contributed by atoms with Crippen molar-refractivity contribution in [2.75, 3.05) is 25.5 Å². The van der Waals surface area contributed by atoms with Gasteiger partial charge < -0.3 is 19.9 Å². The Labute approximate surface area is 162 Å². The van der Waals surface area contributed by atoms with Crippen LogP contribution in [-0.4, -0.2) is 47.1 Å². The van der Waals surface area contributed by atoms with Crippen LogP contribution in [0.4, 0.5) is 10.5 Å². The minimum absolute atomic E-state index is 0.0998. The number of fused-ring (bicyclic) bond motifs is 1. The van der Waals surface area contributed by atoms with Crippen molar-refractivity contribution >= 4 is 28.7 Å². The summed E-state index contributed by atoms with van der Waals surface area (Å²) in [5.74, 6) is 0.339. The van der Waals surface area contributed by atoms with Crippen LogP contribution in [0.1, 0.15) is 12.8 Å². The second kappa shape index (κ2) is 7.72. The molecule has 2 N–H and O–H groups in total. The summed E-state index contributed by atoms with van der Waals surface area (Å²) in [5.41, 5.74) is 3.34. The minimum atomic E-state index is -0.389. The number of anilines is 1. The summed E-state index contributed by atoms with van der Waals surface area (Å²) < 4.78 is 4.78. The maximum absolute atomic E-state index is 12.9. The number of imidazole rings is 1. The van der Waals surface area contributed by atoms with Gasteiger partial charge >= 0.3 is 6.09 Å². The smallest absolute Gasteiger partial charge is 0.409 e. The molecule has 1 aliphatic heterocycles. The maximum atomic E-state index is 12.9. The lowest BCUT2D eigenvalue weighted by molar-refractivity contribution is -0.121. The molecule has 0 spiro atoms. The number of nitrogens with one attached hydrogen (secondary N) is 2. The van der Waals surface area contributed by atoms with E-state index in [0.717, 1.165) is 29.4 Å². The average molecular weight is 378 g/mol. The number of hydrogen-bond donors (Lipinski definition) is 2. The van der Waals surface area contributed by atoms with E-state index in [1.807, 2.05) is 48.5 Å². The van der Waals surface area contributed by atoms with Crippen LogP contribution in [0, 0.1) is 5.92 Å². The highest BCUT2D eigenvalue weighted by Gasteiger charge is 2.29. The zero-order chi connectivity index (χ0) is 19.5. The number of aromatic amines is 1. The topological polar surface area (TPSA) is 87.3 Å². The van der Waals surface area contributed by atoms with Gasteiger partial charge in [0, 0.05) is 18.7 Å². The van der Waals surface area contributed by atoms with E-state index in [1.165, 1.54) is 7.11 Å². The predicted octanol–water partition coefficient (Wildman–Crippen LogP) is 3.65. The normalized spacial score (nSPS) is 16.8. The largest absolute Gasteiger partial charge is 0.453 e. The Morgan fingerprint density at radius 2 is 1.96 bits per heavy atom. The molecule has 1 atom stereocenters. The number of rotatable bonds is 3. The molecule has 4 rings (SSSR count). The van der Waals surface area contributed by atoms with Crippen LogP contribution < -0.4 is 5.32 Å². The second-order valence-electron chi connectivity index (χ2n) is 6.89. The summed E-state index contributed by atoms with van der Waals surface area (Å²) in [6.07, 6.45) is 1.13. The number of carbonyl (C=O) groups is 2. The lowest BCUT2D eigenvalue weighted by atomic mass is 9.97. The first-order valence-corrected chi connectivity index (χ1v) is 9.33. The fraction of sp³-hybridized carbons (Fsp3) is 0.286. The van der Waals surface area contributed by atoms with Crippen molar-refractivity contribution < 1.29 is 14.3 Å². The first-order chi connectivity index (χ1) is 13.7. The van der Waals surface area contributed by atoms with Crippen molar-refractivity contribution in [2.24, 2.45) is 5.92 Å². The summed E-state index contributed by atoms with van der Waals surface area (Å²) >= 11 is 0. The SMILES string of the molecule is COC(=O)N1CCCC(C(=O)Nc2ccccc2-c2nc3ccccc3[nH]2)C1. The van der Waals surface area contributed by atoms with Crippen molar-refractivity contribution in [2.45, 2.75) is 12.8 Å². The highest BCUT2D eigenvalue weighted by Crippen LogP contribution is 2.28. The monoisotopic (exact) mass is 378 g/mol. The molecule has 1 aromatic heterocycles. The van der Waals surface area contributed by atoms with Gasteiger partial charge in [-0.25, -0.2) is 9.78 Å². The molecular formula is C21H22N4O3. The van der Waals surface area contributed by atoms with Gasteiger partial charge in [0.1, 0.15) is 5.82 Å².